The standard InChI is InChI=1S/C25H24ClN3O4/c1-14-5-6-16-11-17(22(26)27-21(16)15(14)2)13-29-23(30)25(3,28-24(29)31)18-7-8-19-20(12-18)33-10-4-9-32-19/h5-8,11-12H,4,9-10,13H2,1-3H3,(H,28,31)/t25-/m1/s1. The van der Waals surface area contributed by atoms with Gasteiger partial charge in [0.1, 0.15) is 10.7 Å². The van der Waals surface area contributed by atoms with Crippen molar-refractivity contribution < 1.29 is 19.1 Å². The first-order chi connectivity index (χ1) is 15.8. The number of aromatic nitrogens is 1. The maximum atomic E-state index is 13.5. The minimum Gasteiger partial charge on any atom is -0.490 e. The maximum Gasteiger partial charge on any atom is 0.325 e. The Kier molecular flexibility index (Phi) is 5.16. The lowest BCUT2D eigenvalue weighted by Crippen LogP contribution is -2.40. The van der Waals surface area contributed by atoms with Crippen molar-refractivity contribution in [3.8, 4) is 11.5 Å². The molecular weight excluding hydrogens is 442 g/mol. The van der Waals surface area contributed by atoms with Crippen LogP contribution in [0.3, 0.4) is 0 Å². The number of benzene rings is 2. The van der Waals surface area contributed by atoms with E-state index >= 15 is 0 Å². The Hall–Kier alpha value is -3.32. The largest absolute Gasteiger partial charge is 0.490 e. The van der Waals surface area contributed by atoms with Crippen molar-refractivity contribution in [3.63, 3.8) is 0 Å². The van der Waals surface area contributed by atoms with Crippen LogP contribution in [-0.4, -0.2) is 35.0 Å². The molecule has 1 aromatic heterocycles. The molecule has 2 aliphatic heterocycles. The summed E-state index contributed by atoms with van der Waals surface area (Å²) in [5, 5.41) is 4.03. The molecule has 1 atom stereocenters. The zero-order chi connectivity index (χ0) is 23.3. The van der Waals surface area contributed by atoms with Crippen LogP contribution in [0.2, 0.25) is 5.15 Å². The highest BCUT2D eigenvalue weighted by Gasteiger charge is 2.49. The number of nitrogens with one attached hydrogen (secondary N) is 1. The molecule has 0 spiro atoms. The fraction of sp³-hybridized carbons (Fsp3) is 0.320. The van der Waals surface area contributed by atoms with E-state index in [4.69, 9.17) is 21.1 Å². The van der Waals surface area contributed by atoms with Gasteiger partial charge in [-0.05, 0) is 55.7 Å². The number of halogens is 1. The number of pyridine rings is 1. The summed E-state index contributed by atoms with van der Waals surface area (Å²) in [6, 6.07) is 10.7. The van der Waals surface area contributed by atoms with Gasteiger partial charge < -0.3 is 14.8 Å². The van der Waals surface area contributed by atoms with Crippen molar-refractivity contribution in [3.05, 3.63) is 63.8 Å². The molecule has 3 amide bonds. The lowest BCUT2D eigenvalue weighted by molar-refractivity contribution is -0.131. The lowest BCUT2D eigenvalue weighted by atomic mass is 9.91. The van der Waals surface area contributed by atoms with Gasteiger partial charge in [0, 0.05) is 17.4 Å². The molecule has 8 heteroatoms. The minimum absolute atomic E-state index is 0.0273. The van der Waals surface area contributed by atoms with E-state index in [1.165, 1.54) is 4.90 Å². The summed E-state index contributed by atoms with van der Waals surface area (Å²) in [4.78, 5) is 32.1. The summed E-state index contributed by atoms with van der Waals surface area (Å²) in [5.41, 5.74) is 3.00. The first-order valence-corrected chi connectivity index (χ1v) is 11.3. The Labute approximate surface area is 196 Å². The number of ether oxygens (including phenoxy) is 2. The van der Waals surface area contributed by atoms with Crippen LogP contribution in [0.4, 0.5) is 4.79 Å². The van der Waals surface area contributed by atoms with Crippen LogP contribution in [0.1, 0.15) is 35.6 Å². The van der Waals surface area contributed by atoms with Crippen molar-refractivity contribution in [2.45, 2.75) is 39.3 Å². The predicted molar refractivity (Wildman–Crippen MR) is 125 cm³/mol. The monoisotopic (exact) mass is 465 g/mol. The first kappa shape index (κ1) is 21.5. The van der Waals surface area contributed by atoms with Crippen LogP contribution in [0.25, 0.3) is 10.9 Å². The molecule has 0 aliphatic carbocycles. The highest BCUT2D eigenvalue weighted by Crippen LogP contribution is 2.37. The molecule has 2 aliphatic rings. The topological polar surface area (TPSA) is 80.8 Å². The third-order valence-electron chi connectivity index (χ3n) is 6.47. The van der Waals surface area contributed by atoms with Crippen LogP contribution in [0.15, 0.2) is 36.4 Å². The number of aryl methyl sites for hydroxylation is 2. The fourth-order valence-electron chi connectivity index (χ4n) is 4.30. The number of urea groups is 1. The quantitative estimate of drug-likeness (QED) is 0.450. The van der Waals surface area contributed by atoms with Gasteiger partial charge in [0.25, 0.3) is 5.91 Å². The molecule has 3 heterocycles. The van der Waals surface area contributed by atoms with Crippen molar-refractivity contribution in [1.82, 2.24) is 15.2 Å². The van der Waals surface area contributed by atoms with E-state index in [2.05, 4.69) is 10.3 Å². The molecule has 3 aromatic rings. The van der Waals surface area contributed by atoms with Gasteiger partial charge in [0.05, 0.1) is 25.3 Å². The van der Waals surface area contributed by atoms with Crippen LogP contribution >= 0.6 is 11.6 Å². The first-order valence-electron chi connectivity index (χ1n) is 10.9. The predicted octanol–water partition coefficient (Wildman–Crippen LogP) is 4.63. The molecule has 0 unspecified atom stereocenters. The molecule has 170 valence electrons. The average Bonchev–Trinajstić information content (AvgIpc) is 2.95. The number of hydrogen-bond acceptors (Lipinski definition) is 5. The second kappa shape index (κ2) is 7.92. The third kappa shape index (κ3) is 3.56. The summed E-state index contributed by atoms with van der Waals surface area (Å²) >= 11 is 6.47. The van der Waals surface area contributed by atoms with Crippen molar-refractivity contribution >= 4 is 34.4 Å². The number of amides is 3. The van der Waals surface area contributed by atoms with E-state index in [1.807, 2.05) is 32.0 Å². The highest BCUT2D eigenvalue weighted by atomic mass is 35.5. The third-order valence-corrected chi connectivity index (χ3v) is 6.79. The fourth-order valence-corrected chi connectivity index (χ4v) is 4.49. The Morgan fingerprint density at radius 2 is 1.85 bits per heavy atom. The van der Waals surface area contributed by atoms with Gasteiger partial charge in [0.2, 0.25) is 0 Å². The molecule has 1 saturated heterocycles. The van der Waals surface area contributed by atoms with Crippen LogP contribution in [-0.2, 0) is 16.9 Å². The summed E-state index contributed by atoms with van der Waals surface area (Å²) in [5.74, 6) is 0.838. The van der Waals surface area contributed by atoms with Crippen LogP contribution in [0, 0.1) is 13.8 Å². The van der Waals surface area contributed by atoms with Crippen molar-refractivity contribution in [1.29, 1.82) is 0 Å². The maximum absolute atomic E-state index is 13.5. The Morgan fingerprint density at radius 3 is 2.64 bits per heavy atom. The van der Waals surface area contributed by atoms with Gasteiger partial charge >= 0.3 is 6.03 Å². The smallest absolute Gasteiger partial charge is 0.325 e. The van der Waals surface area contributed by atoms with E-state index < -0.39 is 11.6 Å². The number of hydrogen-bond donors (Lipinski definition) is 1. The molecule has 7 nitrogen and oxygen atoms in total. The van der Waals surface area contributed by atoms with Gasteiger partial charge in [-0.1, -0.05) is 29.8 Å². The zero-order valence-corrected chi connectivity index (χ0v) is 19.5. The summed E-state index contributed by atoms with van der Waals surface area (Å²) in [6.45, 7) is 6.85. The lowest BCUT2D eigenvalue weighted by Gasteiger charge is -2.23. The van der Waals surface area contributed by atoms with E-state index in [9.17, 15) is 9.59 Å². The molecular formula is C25H24ClN3O4. The zero-order valence-electron chi connectivity index (χ0n) is 18.7. The van der Waals surface area contributed by atoms with Crippen LogP contribution < -0.4 is 14.8 Å². The number of carbonyl (C=O) groups excluding carboxylic acids is 2. The van der Waals surface area contributed by atoms with Gasteiger partial charge in [-0.2, -0.15) is 0 Å². The number of rotatable bonds is 3. The van der Waals surface area contributed by atoms with Crippen molar-refractivity contribution in [2.75, 3.05) is 13.2 Å². The van der Waals surface area contributed by atoms with Crippen LogP contribution in [0.5, 0.6) is 11.5 Å². The van der Waals surface area contributed by atoms with Crippen molar-refractivity contribution in [2.24, 2.45) is 0 Å². The number of carbonyl (C=O) groups is 2. The average molecular weight is 466 g/mol. The Balaban J connectivity index is 1.46. The van der Waals surface area contributed by atoms with E-state index in [0.717, 1.165) is 28.5 Å². The second-order valence-corrected chi connectivity index (χ2v) is 9.03. The van der Waals surface area contributed by atoms with E-state index in [1.54, 1.807) is 25.1 Å². The number of nitrogens with zero attached hydrogens (tertiary/aromatic N) is 2. The van der Waals surface area contributed by atoms with Gasteiger partial charge in [-0.15, -0.1) is 0 Å². The minimum atomic E-state index is -1.23. The second-order valence-electron chi connectivity index (χ2n) is 8.68. The molecule has 33 heavy (non-hydrogen) atoms. The van der Waals surface area contributed by atoms with Gasteiger partial charge in [0.15, 0.2) is 11.5 Å². The summed E-state index contributed by atoms with van der Waals surface area (Å²) in [7, 11) is 0. The number of fused-ring (bicyclic) bond motifs is 2. The highest BCUT2D eigenvalue weighted by molar-refractivity contribution is 6.30. The molecule has 5 rings (SSSR count). The molecule has 0 radical (unpaired) electrons. The molecule has 2 aromatic carbocycles. The van der Waals surface area contributed by atoms with E-state index in [-0.39, 0.29) is 17.6 Å². The Morgan fingerprint density at radius 1 is 1.09 bits per heavy atom. The molecule has 0 saturated carbocycles. The molecule has 1 fully saturated rings. The van der Waals surface area contributed by atoms with Gasteiger partial charge in [-0.25, -0.2) is 9.78 Å². The normalized spacial score (nSPS) is 20.2. The number of imide groups is 1. The van der Waals surface area contributed by atoms with E-state index in [0.29, 0.717) is 35.8 Å². The molecule has 0 bridgehead atoms. The SMILES string of the molecule is Cc1ccc2cc(CN3C(=O)N[C@](C)(c4ccc5c(c4)OCCCO5)C3=O)c(Cl)nc2c1C. The van der Waals surface area contributed by atoms with Gasteiger partial charge in [-0.3, -0.25) is 9.69 Å². The summed E-state index contributed by atoms with van der Waals surface area (Å²) in [6.07, 6.45) is 0.782. The Bertz CT molecular complexity index is 1310. The molecule has 1 N–H and O–H groups in total. The summed E-state index contributed by atoms with van der Waals surface area (Å²) < 4.78 is 11.4.